The molecule has 0 aliphatic heterocycles. The predicted molar refractivity (Wildman–Crippen MR) is 62.7 cm³/mol. The number of hydrogen-bond acceptors (Lipinski definition) is 5. The van der Waals surface area contributed by atoms with Crippen molar-refractivity contribution in [3.8, 4) is 6.07 Å². The predicted octanol–water partition coefficient (Wildman–Crippen LogP) is -0.307. The van der Waals surface area contributed by atoms with Gasteiger partial charge in [-0.3, -0.25) is 4.99 Å². The van der Waals surface area contributed by atoms with Crippen molar-refractivity contribution < 1.29 is 15.3 Å². The summed E-state index contributed by atoms with van der Waals surface area (Å²) >= 11 is 0. The summed E-state index contributed by atoms with van der Waals surface area (Å²) in [5, 5.41) is 35.9. The highest BCUT2D eigenvalue weighted by atomic mass is 16.3. The van der Waals surface area contributed by atoms with Crippen LogP contribution in [0.25, 0.3) is 0 Å². The lowest BCUT2D eigenvalue weighted by molar-refractivity contribution is 0.0718. The summed E-state index contributed by atoms with van der Waals surface area (Å²) < 4.78 is 0. The Labute approximate surface area is 99.3 Å². The fraction of sp³-hybridized carbons (Fsp3) is 0.333. The maximum absolute atomic E-state index is 9.07. The van der Waals surface area contributed by atoms with Crippen molar-refractivity contribution in [3.63, 3.8) is 0 Å². The number of aliphatic hydroxyl groups excluding tert-OH is 3. The van der Waals surface area contributed by atoms with Gasteiger partial charge in [-0.05, 0) is 17.7 Å². The smallest absolute Gasteiger partial charge is 0.129 e. The minimum absolute atomic E-state index is 0.450. The SMILES string of the molecule is N#Cc1cccc(C=NC(CO)(CO)CO)c1. The van der Waals surface area contributed by atoms with Crippen LogP contribution in [-0.4, -0.2) is 46.9 Å². The van der Waals surface area contributed by atoms with Crippen LogP contribution in [0.1, 0.15) is 11.1 Å². The third-order valence-electron chi connectivity index (χ3n) is 2.39. The average Bonchev–Trinajstić information content (AvgIpc) is 2.41. The van der Waals surface area contributed by atoms with Crippen molar-refractivity contribution >= 4 is 6.21 Å². The van der Waals surface area contributed by atoms with Crippen molar-refractivity contribution in [1.82, 2.24) is 0 Å². The van der Waals surface area contributed by atoms with Gasteiger partial charge < -0.3 is 15.3 Å². The van der Waals surface area contributed by atoms with E-state index in [4.69, 9.17) is 20.6 Å². The second-order valence-corrected chi connectivity index (χ2v) is 3.69. The van der Waals surface area contributed by atoms with Crippen molar-refractivity contribution in [2.24, 2.45) is 4.99 Å². The molecule has 1 rings (SSSR count). The molecule has 0 bridgehead atoms. The first-order valence-corrected chi connectivity index (χ1v) is 5.07. The Balaban J connectivity index is 2.92. The summed E-state index contributed by atoms with van der Waals surface area (Å²) in [6.07, 6.45) is 1.42. The van der Waals surface area contributed by atoms with E-state index in [1.54, 1.807) is 24.3 Å². The molecule has 1 aromatic rings. The van der Waals surface area contributed by atoms with Gasteiger partial charge in [0.15, 0.2) is 0 Å². The molecule has 3 N–H and O–H groups in total. The number of nitrogens with zero attached hydrogens (tertiary/aromatic N) is 2. The molecule has 17 heavy (non-hydrogen) atoms. The standard InChI is InChI=1S/C12H14N2O3/c13-5-10-2-1-3-11(4-10)6-14-12(7-15,8-16)9-17/h1-4,6,15-17H,7-9H2. The van der Waals surface area contributed by atoms with Crippen LogP contribution < -0.4 is 0 Å². The molecule has 1 aromatic carbocycles. The molecule has 0 fully saturated rings. The van der Waals surface area contributed by atoms with E-state index in [9.17, 15) is 0 Å². The highest BCUT2D eigenvalue weighted by Crippen LogP contribution is 2.09. The van der Waals surface area contributed by atoms with Gasteiger partial charge in [-0.25, -0.2) is 0 Å². The first-order valence-electron chi connectivity index (χ1n) is 5.07. The highest BCUT2D eigenvalue weighted by Gasteiger charge is 2.25. The lowest BCUT2D eigenvalue weighted by atomic mass is 10.0. The van der Waals surface area contributed by atoms with E-state index < -0.39 is 25.4 Å². The fourth-order valence-electron chi connectivity index (χ4n) is 1.17. The van der Waals surface area contributed by atoms with Crippen molar-refractivity contribution in [2.45, 2.75) is 5.54 Å². The summed E-state index contributed by atoms with van der Waals surface area (Å²) in [4.78, 5) is 3.97. The zero-order valence-corrected chi connectivity index (χ0v) is 9.24. The fourth-order valence-corrected chi connectivity index (χ4v) is 1.17. The maximum atomic E-state index is 9.07. The van der Waals surface area contributed by atoms with Gasteiger partial charge in [0.1, 0.15) is 5.54 Å². The molecule has 0 amide bonds. The molecule has 0 aliphatic carbocycles. The Morgan fingerprint density at radius 1 is 1.24 bits per heavy atom. The summed E-state index contributed by atoms with van der Waals surface area (Å²) in [5.74, 6) is 0. The Morgan fingerprint density at radius 3 is 2.41 bits per heavy atom. The monoisotopic (exact) mass is 234 g/mol. The number of benzene rings is 1. The molecule has 0 saturated heterocycles. The summed E-state index contributed by atoms with van der Waals surface area (Å²) in [5.41, 5.74) is -0.108. The lowest BCUT2D eigenvalue weighted by Crippen LogP contribution is -2.39. The molecule has 0 atom stereocenters. The molecular weight excluding hydrogens is 220 g/mol. The van der Waals surface area contributed by atoms with Gasteiger partial charge in [0, 0.05) is 6.21 Å². The average molecular weight is 234 g/mol. The Bertz CT molecular complexity index is 425. The van der Waals surface area contributed by atoms with E-state index in [1.165, 1.54) is 6.21 Å². The van der Waals surface area contributed by atoms with Gasteiger partial charge in [0.25, 0.3) is 0 Å². The molecule has 5 nitrogen and oxygen atoms in total. The van der Waals surface area contributed by atoms with Gasteiger partial charge in [-0.15, -0.1) is 0 Å². The number of aliphatic hydroxyl groups is 3. The zero-order chi connectivity index (χ0) is 12.7. The van der Waals surface area contributed by atoms with Gasteiger partial charge in [-0.1, -0.05) is 12.1 Å². The summed E-state index contributed by atoms with van der Waals surface area (Å²) in [6.45, 7) is -1.35. The van der Waals surface area contributed by atoms with Crippen molar-refractivity contribution in [3.05, 3.63) is 35.4 Å². The van der Waals surface area contributed by atoms with Gasteiger partial charge in [0.05, 0.1) is 31.5 Å². The third-order valence-corrected chi connectivity index (χ3v) is 2.39. The Kier molecular flexibility index (Phi) is 4.79. The summed E-state index contributed by atoms with van der Waals surface area (Å²) in [6, 6.07) is 8.73. The number of rotatable bonds is 5. The number of nitriles is 1. The van der Waals surface area contributed by atoms with Gasteiger partial charge in [0.2, 0.25) is 0 Å². The second kappa shape index (κ2) is 6.11. The van der Waals surface area contributed by atoms with Crippen molar-refractivity contribution in [2.75, 3.05) is 19.8 Å². The van der Waals surface area contributed by atoms with Crippen LogP contribution in [0.3, 0.4) is 0 Å². The maximum Gasteiger partial charge on any atom is 0.129 e. The van der Waals surface area contributed by atoms with Crippen LogP contribution in [0.4, 0.5) is 0 Å². The topological polar surface area (TPSA) is 96.8 Å². The van der Waals surface area contributed by atoms with E-state index in [2.05, 4.69) is 4.99 Å². The molecule has 90 valence electrons. The van der Waals surface area contributed by atoms with Crippen LogP contribution in [0, 0.1) is 11.3 Å². The van der Waals surface area contributed by atoms with Crippen LogP contribution in [0.5, 0.6) is 0 Å². The molecular formula is C12H14N2O3. The van der Waals surface area contributed by atoms with E-state index in [0.717, 1.165) is 0 Å². The van der Waals surface area contributed by atoms with Gasteiger partial charge in [-0.2, -0.15) is 5.26 Å². The van der Waals surface area contributed by atoms with Crippen LogP contribution in [0.2, 0.25) is 0 Å². The first kappa shape index (κ1) is 13.3. The molecule has 0 radical (unpaired) electrons. The summed E-state index contributed by atoms with van der Waals surface area (Å²) in [7, 11) is 0. The Hall–Kier alpha value is -1.74. The van der Waals surface area contributed by atoms with E-state index in [0.29, 0.717) is 11.1 Å². The molecule has 0 aliphatic rings. The molecule has 0 saturated carbocycles. The lowest BCUT2D eigenvalue weighted by Gasteiger charge is -2.21. The molecule has 0 spiro atoms. The van der Waals surface area contributed by atoms with Crippen LogP contribution in [0.15, 0.2) is 29.3 Å². The largest absolute Gasteiger partial charge is 0.394 e. The molecule has 0 unspecified atom stereocenters. The minimum Gasteiger partial charge on any atom is -0.394 e. The normalized spacial score (nSPS) is 11.6. The number of hydrogen-bond donors (Lipinski definition) is 3. The van der Waals surface area contributed by atoms with Gasteiger partial charge >= 0.3 is 0 Å². The van der Waals surface area contributed by atoms with E-state index >= 15 is 0 Å². The molecule has 0 aromatic heterocycles. The van der Waals surface area contributed by atoms with E-state index in [1.807, 2.05) is 6.07 Å². The third kappa shape index (κ3) is 3.36. The highest BCUT2D eigenvalue weighted by molar-refractivity contribution is 5.80. The van der Waals surface area contributed by atoms with E-state index in [-0.39, 0.29) is 0 Å². The van der Waals surface area contributed by atoms with Crippen LogP contribution in [-0.2, 0) is 0 Å². The zero-order valence-electron chi connectivity index (χ0n) is 9.24. The molecule has 5 heteroatoms. The minimum atomic E-state index is -1.28. The van der Waals surface area contributed by atoms with Crippen LogP contribution >= 0.6 is 0 Å². The number of aliphatic imine (C=N–C) groups is 1. The first-order chi connectivity index (χ1) is 8.19. The Morgan fingerprint density at radius 2 is 1.88 bits per heavy atom. The second-order valence-electron chi connectivity index (χ2n) is 3.69. The van der Waals surface area contributed by atoms with Crippen molar-refractivity contribution in [1.29, 1.82) is 5.26 Å². The quantitative estimate of drug-likeness (QED) is 0.609. The molecule has 0 heterocycles.